The van der Waals surface area contributed by atoms with Gasteiger partial charge in [0.05, 0.1) is 0 Å². The number of esters is 3. The summed E-state index contributed by atoms with van der Waals surface area (Å²) < 4.78 is 16.8. The van der Waals surface area contributed by atoms with Gasteiger partial charge in [-0.25, -0.2) is 0 Å². The van der Waals surface area contributed by atoms with Crippen molar-refractivity contribution in [3.63, 3.8) is 0 Å². The quantitative estimate of drug-likeness (QED) is 0.0343. The molecule has 0 fully saturated rings. The lowest BCUT2D eigenvalue weighted by Gasteiger charge is -2.18. The van der Waals surface area contributed by atoms with Gasteiger partial charge < -0.3 is 14.2 Å². The number of ether oxygens (including phenoxy) is 3. The highest BCUT2D eigenvalue weighted by Gasteiger charge is 2.19. The van der Waals surface area contributed by atoms with Crippen LogP contribution in [0.15, 0.2) is 0 Å². The Morgan fingerprint density at radius 2 is 0.397 bits per heavy atom. The number of hydrogen-bond donors (Lipinski definition) is 0. The van der Waals surface area contributed by atoms with E-state index in [1.807, 2.05) is 0 Å². The van der Waals surface area contributed by atoms with Gasteiger partial charge in [-0.05, 0) is 19.3 Å². The summed E-state index contributed by atoms with van der Waals surface area (Å²) in [5, 5.41) is 0. The number of rotatable bonds is 58. The SMILES string of the molecule is CCCCCCCCCCCCCCCCCCCCCCCCCCCCC(=O)OCC(COC(=O)CCCCCCCC)OC(=O)CCCCCCCCCCCCCCCCCCCC. The molecule has 68 heavy (non-hydrogen) atoms. The normalized spacial score (nSPS) is 11.9. The highest BCUT2D eigenvalue weighted by molar-refractivity contribution is 5.71. The van der Waals surface area contributed by atoms with E-state index in [-0.39, 0.29) is 31.1 Å². The molecule has 0 N–H and O–H groups in total. The van der Waals surface area contributed by atoms with E-state index in [0.717, 1.165) is 57.8 Å². The minimum Gasteiger partial charge on any atom is -0.462 e. The van der Waals surface area contributed by atoms with Gasteiger partial charge in [-0.2, -0.15) is 0 Å². The second kappa shape index (κ2) is 58.0. The third kappa shape index (κ3) is 55.3. The molecule has 0 aromatic heterocycles. The average molecular weight is 962 g/mol. The minimum absolute atomic E-state index is 0.0620. The van der Waals surface area contributed by atoms with Crippen LogP contribution in [-0.2, 0) is 28.6 Å². The van der Waals surface area contributed by atoms with E-state index in [1.165, 1.54) is 263 Å². The maximum absolute atomic E-state index is 12.8. The number of hydrogen-bond acceptors (Lipinski definition) is 6. The molecule has 1 atom stereocenters. The van der Waals surface area contributed by atoms with Crippen molar-refractivity contribution in [3.05, 3.63) is 0 Å². The lowest BCUT2D eigenvalue weighted by Crippen LogP contribution is -2.30. The number of carbonyl (C=O) groups excluding carboxylic acids is 3. The van der Waals surface area contributed by atoms with Crippen molar-refractivity contribution in [2.45, 2.75) is 367 Å². The molecule has 0 rings (SSSR count). The summed E-state index contributed by atoms with van der Waals surface area (Å²) in [5.41, 5.74) is 0. The van der Waals surface area contributed by atoms with E-state index < -0.39 is 6.10 Å². The molecule has 0 saturated carbocycles. The van der Waals surface area contributed by atoms with Crippen LogP contribution in [0.25, 0.3) is 0 Å². The van der Waals surface area contributed by atoms with E-state index >= 15 is 0 Å². The van der Waals surface area contributed by atoms with Gasteiger partial charge in [0.25, 0.3) is 0 Å². The smallest absolute Gasteiger partial charge is 0.306 e. The molecule has 0 heterocycles. The number of carbonyl (C=O) groups is 3. The second-order valence-electron chi connectivity index (χ2n) is 21.3. The fourth-order valence-corrected chi connectivity index (χ4v) is 9.68. The Labute approximate surface area is 425 Å². The summed E-state index contributed by atoms with van der Waals surface area (Å²) in [7, 11) is 0. The Morgan fingerprint density at radius 1 is 0.235 bits per heavy atom. The van der Waals surface area contributed by atoms with Gasteiger partial charge in [0.15, 0.2) is 6.10 Å². The van der Waals surface area contributed by atoms with Crippen molar-refractivity contribution >= 4 is 17.9 Å². The summed E-state index contributed by atoms with van der Waals surface area (Å²) in [4.78, 5) is 37.9. The van der Waals surface area contributed by atoms with Crippen LogP contribution in [0.5, 0.6) is 0 Å². The van der Waals surface area contributed by atoms with E-state index in [0.29, 0.717) is 19.3 Å². The van der Waals surface area contributed by atoms with Crippen LogP contribution < -0.4 is 0 Å². The molecule has 6 nitrogen and oxygen atoms in total. The lowest BCUT2D eigenvalue weighted by atomic mass is 10.0. The molecule has 0 aromatic carbocycles. The highest BCUT2D eigenvalue weighted by atomic mass is 16.6. The van der Waals surface area contributed by atoms with Gasteiger partial charge in [0, 0.05) is 19.3 Å². The van der Waals surface area contributed by atoms with E-state index in [9.17, 15) is 14.4 Å². The molecule has 0 saturated heterocycles. The Bertz CT molecular complexity index is 1010. The predicted molar refractivity (Wildman–Crippen MR) is 294 cm³/mol. The monoisotopic (exact) mass is 961 g/mol. The molecule has 0 aliphatic carbocycles. The third-order valence-corrected chi connectivity index (χ3v) is 14.4. The summed E-state index contributed by atoms with van der Waals surface area (Å²) in [6.07, 6.45) is 65.8. The second-order valence-corrected chi connectivity index (χ2v) is 21.3. The zero-order valence-corrected chi connectivity index (χ0v) is 46.4. The maximum atomic E-state index is 12.8. The molecule has 0 amide bonds. The van der Waals surface area contributed by atoms with Gasteiger partial charge in [-0.3, -0.25) is 14.4 Å². The van der Waals surface area contributed by atoms with Crippen LogP contribution in [0.1, 0.15) is 361 Å². The zero-order chi connectivity index (χ0) is 49.3. The standard InChI is InChI=1S/C62H120O6/c1-4-7-10-13-16-18-20-22-24-26-28-29-30-31-32-33-34-35-37-38-40-42-44-46-49-52-55-61(64)67-58-59(57-66-60(63)54-51-48-15-12-9-6-3)68-62(65)56-53-50-47-45-43-41-39-36-27-25-23-21-19-17-14-11-8-5-2/h59H,4-58H2,1-3H3. The summed E-state index contributed by atoms with van der Waals surface area (Å²) >= 11 is 0. The molecule has 1 unspecified atom stereocenters. The Hall–Kier alpha value is -1.59. The molecular weight excluding hydrogens is 841 g/mol. The fraction of sp³-hybridized carbons (Fsp3) is 0.952. The van der Waals surface area contributed by atoms with Gasteiger partial charge >= 0.3 is 17.9 Å². The molecule has 0 spiro atoms. The van der Waals surface area contributed by atoms with Crippen LogP contribution in [0.4, 0.5) is 0 Å². The molecule has 6 heteroatoms. The van der Waals surface area contributed by atoms with Crippen molar-refractivity contribution < 1.29 is 28.6 Å². The van der Waals surface area contributed by atoms with Crippen molar-refractivity contribution in [2.75, 3.05) is 13.2 Å². The Morgan fingerprint density at radius 3 is 0.588 bits per heavy atom. The third-order valence-electron chi connectivity index (χ3n) is 14.4. The van der Waals surface area contributed by atoms with Gasteiger partial charge in [-0.15, -0.1) is 0 Å². The van der Waals surface area contributed by atoms with Gasteiger partial charge in [-0.1, -0.05) is 323 Å². The largest absolute Gasteiger partial charge is 0.462 e. The molecule has 0 aliphatic heterocycles. The maximum Gasteiger partial charge on any atom is 0.306 e. The van der Waals surface area contributed by atoms with Crippen molar-refractivity contribution in [2.24, 2.45) is 0 Å². The molecule has 0 radical (unpaired) electrons. The summed E-state index contributed by atoms with van der Waals surface area (Å²) in [5.74, 6) is -0.843. The Kier molecular flexibility index (Phi) is 56.6. The van der Waals surface area contributed by atoms with Crippen molar-refractivity contribution in [1.29, 1.82) is 0 Å². The topological polar surface area (TPSA) is 78.9 Å². The van der Waals surface area contributed by atoms with Crippen LogP contribution >= 0.6 is 0 Å². The minimum atomic E-state index is -0.760. The van der Waals surface area contributed by atoms with Crippen LogP contribution in [0.2, 0.25) is 0 Å². The first-order valence-corrected chi connectivity index (χ1v) is 31.0. The first-order chi connectivity index (χ1) is 33.5. The Balaban J connectivity index is 3.99. The predicted octanol–water partition coefficient (Wildman–Crippen LogP) is 20.7. The lowest BCUT2D eigenvalue weighted by molar-refractivity contribution is -0.167. The van der Waals surface area contributed by atoms with E-state index in [1.54, 1.807) is 0 Å². The van der Waals surface area contributed by atoms with Crippen molar-refractivity contribution in [3.8, 4) is 0 Å². The molecule has 0 aliphatic rings. The summed E-state index contributed by atoms with van der Waals surface area (Å²) in [6.45, 7) is 6.66. The summed E-state index contributed by atoms with van der Waals surface area (Å²) in [6, 6.07) is 0. The molecule has 404 valence electrons. The average Bonchev–Trinajstić information content (AvgIpc) is 3.34. The zero-order valence-electron chi connectivity index (χ0n) is 46.4. The molecule has 0 aromatic rings. The first-order valence-electron chi connectivity index (χ1n) is 31.0. The molecular formula is C62H120O6. The first kappa shape index (κ1) is 66.4. The molecule has 0 bridgehead atoms. The van der Waals surface area contributed by atoms with Crippen molar-refractivity contribution in [1.82, 2.24) is 0 Å². The number of unbranched alkanes of at least 4 members (excludes halogenated alkanes) is 47. The van der Waals surface area contributed by atoms with Crippen LogP contribution in [0, 0.1) is 0 Å². The van der Waals surface area contributed by atoms with E-state index in [4.69, 9.17) is 14.2 Å². The highest BCUT2D eigenvalue weighted by Crippen LogP contribution is 2.18. The van der Waals surface area contributed by atoms with Gasteiger partial charge in [0.2, 0.25) is 0 Å². The van der Waals surface area contributed by atoms with E-state index in [2.05, 4.69) is 20.8 Å². The van der Waals surface area contributed by atoms with Gasteiger partial charge in [0.1, 0.15) is 13.2 Å². The fourth-order valence-electron chi connectivity index (χ4n) is 9.68. The van der Waals surface area contributed by atoms with Crippen LogP contribution in [0.3, 0.4) is 0 Å². The van der Waals surface area contributed by atoms with Crippen LogP contribution in [-0.4, -0.2) is 37.2 Å².